The summed E-state index contributed by atoms with van der Waals surface area (Å²) in [6.45, 7) is 5.58. The molecule has 2 amide bonds. The molecule has 0 radical (unpaired) electrons. The van der Waals surface area contributed by atoms with Crippen molar-refractivity contribution in [2.24, 2.45) is 0 Å². The highest BCUT2D eigenvalue weighted by Gasteiger charge is 2.33. The van der Waals surface area contributed by atoms with E-state index in [4.69, 9.17) is 4.74 Å². The lowest BCUT2D eigenvalue weighted by Gasteiger charge is -2.33. The van der Waals surface area contributed by atoms with Gasteiger partial charge in [-0.2, -0.15) is 0 Å². The Hall–Kier alpha value is -3.85. The van der Waals surface area contributed by atoms with Crippen LogP contribution in [0.4, 0.5) is 5.69 Å². The number of carbonyl (C=O) groups excluding carboxylic acids is 2. The Morgan fingerprint density at radius 1 is 0.947 bits per heavy atom. The van der Waals surface area contributed by atoms with Crippen LogP contribution in [0.15, 0.2) is 83.8 Å². The second-order valence-corrected chi connectivity index (χ2v) is 10.7. The van der Waals surface area contributed by atoms with Crippen molar-refractivity contribution in [3.05, 3.63) is 90.0 Å². The molecule has 0 saturated heterocycles. The number of likely N-dealkylation sites (N-methyl/N-ethyl adjacent to an activating group) is 1. The average Bonchev–Trinajstić information content (AvgIpc) is 2.92. The Bertz CT molecular complexity index is 1330. The van der Waals surface area contributed by atoms with Crippen LogP contribution >= 0.6 is 0 Å². The van der Waals surface area contributed by atoms with Gasteiger partial charge in [0.25, 0.3) is 10.0 Å². The fraction of sp³-hybridized carbons (Fsp3) is 0.310. The zero-order valence-corrected chi connectivity index (χ0v) is 23.1. The predicted octanol–water partition coefficient (Wildman–Crippen LogP) is 4.14. The fourth-order valence-electron chi connectivity index (χ4n) is 4.17. The molecule has 0 aliphatic heterocycles. The number of nitrogens with one attached hydrogen (secondary N) is 1. The SMILES string of the molecule is CCNC(=O)[C@H](CC)N(Cc1ccc(OC)cc1)C(=O)CN(c1cccc(C)c1)S(=O)(=O)c1ccccc1. The van der Waals surface area contributed by atoms with Gasteiger partial charge in [0.1, 0.15) is 18.3 Å². The minimum atomic E-state index is -4.08. The minimum absolute atomic E-state index is 0.0757. The van der Waals surface area contributed by atoms with Crippen molar-refractivity contribution in [2.75, 3.05) is 24.5 Å². The van der Waals surface area contributed by atoms with Gasteiger partial charge in [-0.25, -0.2) is 8.42 Å². The molecule has 1 atom stereocenters. The molecule has 8 nitrogen and oxygen atoms in total. The van der Waals surface area contributed by atoms with E-state index in [0.717, 1.165) is 15.4 Å². The summed E-state index contributed by atoms with van der Waals surface area (Å²) in [6, 6.07) is 21.4. The van der Waals surface area contributed by atoms with Crippen molar-refractivity contribution in [1.82, 2.24) is 10.2 Å². The van der Waals surface area contributed by atoms with Crippen LogP contribution in [-0.2, 0) is 26.2 Å². The first kappa shape index (κ1) is 28.7. The Kier molecular flexibility index (Phi) is 9.90. The van der Waals surface area contributed by atoms with Gasteiger partial charge in [-0.05, 0) is 67.8 Å². The maximum absolute atomic E-state index is 13.9. The highest BCUT2D eigenvalue weighted by atomic mass is 32.2. The van der Waals surface area contributed by atoms with Crippen LogP contribution in [0.2, 0.25) is 0 Å². The summed E-state index contributed by atoms with van der Waals surface area (Å²) in [4.78, 5) is 28.4. The van der Waals surface area contributed by atoms with Gasteiger partial charge in [0.15, 0.2) is 0 Å². The Labute approximate surface area is 225 Å². The second-order valence-electron chi connectivity index (χ2n) is 8.85. The van der Waals surface area contributed by atoms with Crippen LogP contribution in [0.3, 0.4) is 0 Å². The predicted molar refractivity (Wildman–Crippen MR) is 148 cm³/mol. The number of benzene rings is 3. The van der Waals surface area contributed by atoms with E-state index in [9.17, 15) is 18.0 Å². The number of ether oxygens (including phenoxy) is 1. The third-order valence-corrected chi connectivity index (χ3v) is 7.94. The lowest BCUT2D eigenvalue weighted by Crippen LogP contribution is -2.52. The van der Waals surface area contributed by atoms with E-state index in [1.54, 1.807) is 55.6 Å². The van der Waals surface area contributed by atoms with Crippen molar-refractivity contribution < 1.29 is 22.7 Å². The largest absolute Gasteiger partial charge is 0.497 e. The van der Waals surface area contributed by atoms with Gasteiger partial charge < -0.3 is 15.0 Å². The first-order chi connectivity index (χ1) is 18.2. The van der Waals surface area contributed by atoms with Gasteiger partial charge in [0.05, 0.1) is 17.7 Å². The quantitative estimate of drug-likeness (QED) is 0.375. The zero-order valence-electron chi connectivity index (χ0n) is 22.3. The molecule has 3 aromatic rings. The standard InChI is InChI=1S/C29H35N3O5S/c1-5-27(29(34)30-6-2)31(20-23-15-17-25(37-4)18-16-23)28(33)21-32(24-12-10-11-22(3)19-24)38(35,36)26-13-8-7-9-14-26/h7-19,27H,5-6,20-21H2,1-4H3,(H,30,34)/t27-/m0/s1. The third kappa shape index (κ3) is 6.92. The molecular weight excluding hydrogens is 502 g/mol. The molecule has 0 aliphatic rings. The van der Waals surface area contributed by atoms with Crippen LogP contribution in [-0.4, -0.2) is 51.4 Å². The maximum atomic E-state index is 13.9. The number of rotatable bonds is 12. The number of methoxy groups -OCH3 is 1. The number of anilines is 1. The Morgan fingerprint density at radius 2 is 1.63 bits per heavy atom. The summed E-state index contributed by atoms with van der Waals surface area (Å²) in [5, 5.41) is 2.80. The normalized spacial score (nSPS) is 11.9. The number of amides is 2. The number of hydrogen-bond acceptors (Lipinski definition) is 5. The van der Waals surface area contributed by atoms with Crippen LogP contribution < -0.4 is 14.4 Å². The first-order valence-corrected chi connectivity index (χ1v) is 14.0. The molecule has 1 N–H and O–H groups in total. The topological polar surface area (TPSA) is 96.0 Å². The van der Waals surface area contributed by atoms with Crippen molar-refractivity contribution in [1.29, 1.82) is 0 Å². The van der Waals surface area contributed by atoms with Crippen molar-refractivity contribution in [2.45, 2.75) is 44.7 Å². The fourth-order valence-corrected chi connectivity index (χ4v) is 5.60. The second kappa shape index (κ2) is 13.1. The molecule has 0 bridgehead atoms. The lowest BCUT2D eigenvalue weighted by molar-refractivity contribution is -0.140. The van der Waals surface area contributed by atoms with Gasteiger partial charge in [0, 0.05) is 13.1 Å². The highest BCUT2D eigenvalue weighted by Crippen LogP contribution is 2.25. The number of nitrogens with zero attached hydrogens (tertiary/aromatic N) is 2. The molecule has 0 unspecified atom stereocenters. The van der Waals surface area contributed by atoms with Crippen LogP contribution in [0.25, 0.3) is 0 Å². The van der Waals surface area contributed by atoms with Gasteiger partial charge in [0.2, 0.25) is 11.8 Å². The molecule has 0 fully saturated rings. The van der Waals surface area contributed by atoms with E-state index in [-0.39, 0.29) is 17.3 Å². The third-order valence-electron chi connectivity index (χ3n) is 6.15. The van der Waals surface area contributed by atoms with Crippen molar-refractivity contribution in [3.8, 4) is 5.75 Å². The number of carbonyl (C=O) groups is 2. The summed E-state index contributed by atoms with van der Waals surface area (Å²) in [7, 11) is -2.51. The van der Waals surface area contributed by atoms with Gasteiger partial charge in [-0.3, -0.25) is 13.9 Å². The van der Waals surface area contributed by atoms with Crippen LogP contribution in [0.5, 0.6) is 5.75 Å². The molecule has 0 heterocycles. The molecule has 3 aromatic carbocycles. The van der Waals surface area contributed by atoms with Crippen LogP contribution in [0.1, 0.15) is 31.4 Å². The molecule has 0 saturated carbocycles. The molecule has 3 rings (SSSR count). The Balaban J connectivity index is 2.04. The highest BCUT2D eigenvalue weighted by molar-refractivity contribution is 7.92. The molecule has 9 heteroatoms. The van der Waals surface area contributed by atoms with E-state index in [2.05, 4.69) is 5.32 Å². The summed E-state index contributed by atoms with van der Waals surface area (Å²) in [5.41, 5.74) is 2.01. The van der Waals surface area contributed by atoms with Gasteiger partial charge in [-0.1, -0.05) is 49.4 Å². The number of hydrogen-bond donors (Lipinski definition) is 1. The monoisotopic (exact) mass is 537 g/mol. The summed E-state index contributed by atoms with van der Waals surface area (Å²) in [5.74, 6) is -0.105. The molecular formula is C29H35N3O5S. The van der Waals surface area contributed by atoms with E-state index < -0.39 is 28.5 Å². The number of sulfonamides is 1. The van der Waals surface area contributed by atoms with E-state index >= 15 is 0 Å². The van der Waals surface area contributed by atoms with E-state index in [1.807, 2.05) is 39.0 Å². The number of aryl methyl sites for hydroxylation is 1. The summed E-state index contributed by atoms with van der Waals surface area (Å²) < 4.78 is 33.9. The van der Waals surface area contributed by atoms with E-state index in [0.29, 0.717) is 24.4 Å². The van der Waals surface area contributed by atoms with Crippen molar-refractivity contribution in [3.63, 3.8) is 0 Å². The minimum Gasteiger partial charge on any atom is -0.497 e. The molecule has 38 heavy (non-hydrogen) atoms. The molecule has 0 aliphatic carbocycles. The van der Waals surface area contributed by atoms with Gasteiger partial charge >= 0.3 is 0 Å². The zero-order chi connectivity index (χ0) is 27.7. The maximum Gasteiger partial charge on any atom is 0.264 e. The Morgan fingerprint density at radius 3 is 2.21 bits per heavy atom. The molecule has 0 spiro atoms. The summed E-state index contributed by atoms with van der Waals surface area (Å²) >= 11 is 0. The first-order valence-electron chi connectivity index (χ1n) is 12.6. The smallest absolute Gasteiger partial charge is 0.264 e. The van der Waals surface area contributed by atoms with Crippen molar-refractivity contribution >= 4 is 27.5 Å². The molecule has 202 valence electrons. The summed E-state index contributed by atoms with van der Waals surface area (Å²) in [6.07, 6.45) is 0.365. The average molecular weight is 538 g/mol. The van der Waals surface area contributed by atoms with Gasteiger partial charge in [-0.15, -0.1) is 0 Å². The lowest BCUT2D eigenvalue weighted by atomic mass is 10.1. The molecule has 0 aromatic heterocycles. The van der Waals surface area contributed by atoms with E-state index in [1.165, 1.54) is 17.0 Å². The van der Waals surface area contributed by atoms with Crippen LogP contribution in [0, 0.1) is 6.92 Å².